The van der Waals surface area contributed by atoms with E-state index in [2.05, 4.69) is 4.98 Å². The van der Waals surface area contributed by atoms with Crippen molar-refractivity contribution in [3.63, 3.8) is 0 Å². The van der Waals surface area contributed by atoms with E-state index in [1.54, 1.807) is 35.2 Å². The Kier molecular flexibility index (Phi) is 1.82. The Morgan fingerprint density at radius 3 is 2.94 bits per heavy atom. The molecule has 0 bridgehead atoms. The maximum absolute atomic E-state index is 12.1. The third kappa shape index (κ3) is 1.17. The third-order valence-corrected chi connectivity index (χ3v) is 2.83. The van der Waals surface area contributed by atoms with Crippen LogP contribution in [0.1, 0.15) is 0 Å². The number of imidazole rings is 1. The minimum Gasteiger partial charge on any atom is -0.320 e. The van der Waals surface area contributed by atoms with E-state index in [1.807, 2.05) is 7.05 Å². The quantitative estimate of drug-likeness (QED) is 0.594. The summed E-state index contributed by atoms with van der Waals surface area (Å²) in [4.78, 5) is 16.5. The van der Waals surface area contributed by atoms with Crippen molar-refractivity contribution in [1.29, 1.82) is 0 Å². The molecule has 0 unspecified atom stereocenters. The number of benzene rings is 1. The molecular formula is C11H8ClN3O. The van der Waals surface area contributed by atoms with Crippen molar-refractivity contribution in [1.82, 2.24) is 14.0 Å². The molecule has 4 nitrogen and oxygen atoms in total. The number of aromatic nitrogens is 3. The van der Waals surface area contributed by atoms with E-state index in [0.717, 1.165) is 0 Å². The van der Waals surface area contributed by atoms with Gasteiger partial charge in [0.15, 0.2) is 0 Å². The molecule has 0 aliphatic heterocycles. The smallest absolute Gasteiger partial charge is 0.266 e. The lowest BCUT2D eigenvalue weighted by molar-refractivity contribution is 0.923. The van der Waals surface area contributed by atoms with Gasteiger partial charge in [-0.1, -0.05) is 11.6 Å². The molecule has 0 saturated heterocycles. The lowest BCUT2D eigenvalue weighted by atomic mass is 10.2. The maximum atomic E-state index is 12.1. The van der Waals surface area contributed by atoms with Gasteiger partial charge in [0.05, 0.1) is 10.9 Å². The molecule has 2 heterocycles. The lowest BCUT2D eigenvalue weighted by Gasteiger charge is -2.00. The van der Waals surface area contributed by atoms with Crippen LogP contribution in [0.15, 0.2) is 35.4 Å². The Bertz CT molecular complexity index is 757. The number of nitrogens with zero attached hydrogens (tertiary/aromatic N) is 3. The van der Waals surface area contributed by atoms with Gasteiger partial charge in [-0.05, 0) is 18.2 Å². The van der Waals surface area contributed by atoms with Crippen LogP contribution in [0.5, 0.6) is 0 Å². The molecule has 16 heavy (non-hydrogen) atoms. The third-order valence-electron chi connectivity index (χ3n) is 2.60. The number of fused-ring (bicyclic) bond motifs is 2. The van der Waals surface area contributed by atoms with E-state index in [4.69, 9.17) is 11.6 Å². The molecule has 0 N–H and O–H groups in total. The number of hydrogen-bond acceptors (Lipinski definition) is 2. The monoisotopic (exact) mass is 233 g/mol. The molecule has 5 heteroatoms. The van der Waals surface area contributed by atoms with E-state index in [0.29, 0.717) is 21.7 Å². The zero-order valence-corrected chi connectivity index (χ0v) is 9.27. The first-order valence-corrected chi connectivity index (χ1v) is 5.17. The Hall–Kier alpha value is -1.81. The molecule has 2 aromatic heterocycles. The number of rotatable bonds is 0. The first-order valence-electron chi connectivity index (χ1n) is 4.80. The summed E-state index contributed by atoms with van der Waals surface area (Å²) in [5.74, 6) is 0.625. The van der Waals surface area contributed by atoms with Crippen LogP contribution in [-0.4, -0.2) is 14.0 Å². The topological polar surface area (TPSA) is 39.3 Å². The summed E-state index contributed by atoms with van der Waals surface area (Å²) in [5, 5.41) is 1.08. The van der Waals surface area contributed by atoms with Gasteiger partial charge < -0.3 is 4.57 Å². The highest BCUT2D eigenvalue weighted by Crippen LogP contribution is 2.15. The van der Waals surface area contributed by atoms with E-state index < -0.39 is 0 Å². The molecule has 0 atom stereocenters. The summed E-state index contributed by atoms with van der Waals surface area (Å²) in [6.45, 7) is 0. The fourth-order valence-electron chi connectivity index (χ4n) is 1.78. The number of halogens is 1. The van der Waals surface area contributed by atoms with Crippen molar-refractivity contribution in [2.75, 3.05) is 0 Å². The van der Waals surface area contributed by atoms with Crippen molar-refractivity contribution in [3.8, 4) is 0 Å². The largest absolute Gasteiger partial charge is 0.320 e. The predicted octanol–water partition coefficient (Wildman–Crippen LogP) is 1.84. The molecule has 0 radical (unpaired) electrons. The second kappa shape index (κ2) is 3.09. The zero-order valence-electron chi connectivity index (χ0n) is 8.51. The van der Waals surface area contributed by atoms with E-state index >= 15 is 0 Å². The summed E-state index contributed by atoms with van der Waals surface area (Å²) in [6.07, 6.45) is 3.50. The van der Waals surface area contributed by atoms with Gasteiger partial charge in [0.25, 0.3) is 5.56 Å². The van der Waals surface area contributed by atoms with Gasteiger partial charge in [-0.3, -0.25) is 9.20 Å². The van der Waals surface area contributed by atoms with Crippen LogP contribution in [0, 0.1) is 0 Å². The van der Waals surface area contributed by atoms with Gasteiger partial charge in [-0.2, -0.15) is 0 Å². The molecule has 0 saturated carbocycles. The average Bonchev–Trinajstić information content (AvgIpc) is 2.63. The number of hydrogen-bond donors (Lipinski definition) is 0. The normalized spacial score (nSPS) is 11.4. The van der Waals surface area contributed by atoms with Crippen LogP contribution in [0.4, 0.5) is 0 Å². The van der Waals surface area contributed by atoms with E-state index in [1.165, 1.54) is 4.40 Å². The van der Waals surface area contributed by atoms with Crippen LogP contribution in [0.3, 0.4) is 0 Å². The van der Waals surface area contributed by atoms with Gasteiger partial charge >= 0.3 is 0 Å². The van der Waals surface area contributed by atoms with Crippen LogP contribution in [-0.2, 0) is 7.05 Å². The highest BCUT2D eigenvalue weighted by molar-refractivity contribution is 6.31. The van der Waals surface area contributed by atoms with Crippen LogP contribution in [0.2, 0.25) is 5.02 Å². The Morgan fingerprint density at radius 2 is 2.12 bits per heavy atom. The fourth-order valence-corrected chi connectivity index (χ4v) is 1.95. The Balaban J connectivity index is 2.63. The van der Waals surface area contributed by atoms with Crippen LogP contribution in [0.25, 0.3) is 16.7 Å². The average molecular weight is 234 g/mol. The first-order chi connectivity index (χ1) is 7.66. The SMILES string of the molecule is Cn1ccn2c(=O)c3cc(Cl)ccc3nc12. The van der Waals surface area contributed by atoms with Crippen molar-refractivity contribution in [3.05, 3.63) is 46.0 Å². The summed E-state index contributed by atoms with van der Waals surface area (Å²) < 4.78 is 3.31. The minimum absolute atomic E-state index is 0.0944. The maximum Gasteiger partial charge on any atom is 0.266 e. The summed E-state index contributed by atoms with van der Waals surface area (Å²) in [7, 11) is 1.85. The molecule has 3 aromatic rings. The Morgan fingerprint density at radius 1 is 1.31 bits per heavy atom. The summed E-state index contributed by atoms with van der Waals surface area (Å²) in [5.41, 5.74) is 0.569. The fraction of sp³-hybridized carbons (Fsp3) is 0.0909. The number of aryl methyl sites for hydroxylation is 1. The van der Waals surface area contributed by atoms with Gasteiger partial charge in [-0.25, -0.2) is 4.98 Å². The Labute approximate surface area is 95.7 Å². The van der Waals surface area contributed by atoms with E-state index in [-0.39, 0.29) is 5.56 Å². The summed E-state index contributed by atoms with van der Waals surface area (Å²) in [6, 6.07) is 5.13. The predicted molar refractivity (Wildman–Crippen MR) is 62.9 cm³/mol. The second-order valence-corrected chi connectivity index (χ2v) is 4.09. The highest BCUT2D eigenvalue weighted by atomic mass is 35.5. The van der Waals surface area contributed by atoms with Crippen molar-refractivity contribution in [2.45, 2.75) is 0 Å². The first kappa shape index (κ1) is 9.42. The van der Waals surface area contributed by atoms with E-state index in [9.17, 15) is 4.79 Å². The second-order valence-electron chi connectivity index (χ2n) is 3.66. The zero-order chi connectivity index (χ0) is 11.3. The molecular weight excluding hydrogens is 226 g/mol. The van der Waals surface area contributed by atoms with Gasteiger partial charge in [0.1, 0.15) is 0 Å². The molecule has 0 fully saturated rings. The lowest BCUT2D eigenvalue weighted by Crippen LogP contribution is -2.14. The molecule has 3 rings (SSSR count). The standard InChI is InChI=1S/C11H8ClN3O/c1-14-4-5-15-10(16)8-6-7(12)2-3-9(8)13-11(14)15/h2-6H,1H3. The van der Waals surface area contributed by atoms with Crippen molar-refractivity contribution >= 4 is 28.3 Å². The molecule has 80 valence electrons. The van der Waals surface area contributed by atoms with Gasteiger partial charge in [0.2, 0.25) is 5.78 Å². The van der Waals surface area contributed by atoms with Gasteiger partial charge in [0, 0.05) is 24.5 Å². The van der Waals surface area contributed by atoms with Crippen LogP contribution >= 0.6 is 11.6 Å². The molecule has 0 aliphatic carbocycles. The minimum atomic E-state index is -0.0944. The van der Waals surface area contributed by atoms with Crippen molar-refractivity contribution < 1.29 is 0 Å². The van der Waals surface area contributed by atoms with Gasteiger partial charge in [-0.15, -0.1) is 0 Å². The van der Waals surface area contributed by atoms with Crippen molar-refractivity contribution in [2.24, 2.45) is 7.05 Å². The van der Waals surface area contributed by atoms with Crippen LogP contribution < -0.4 is 5.56 Å². The summed E-state index contributed by atoms with van der Waals surface area (Å²) >= 11 is 5.87. The molecule has 1 aromatic carbocycles. The molecule has 0 aliphatic rings. The molecule has 0 spiro atoms. The highest BCUT2D eigenvalue weighted by Gasteiger charge is 2.07. The molecule has 0 amide bonds.